The summed E-state index contributed by atoms with van der Waals surface area (Å²) in [5.41, 5.74) is 9.09. The van der Waals surface area contributed by atoms with Crippen molar-refractivity contribution in [3.63, 3.8) is 0 Å². The van der Waals surface area contributed by atoms with Crippen LogP contribution in [0.25, 0.3) is 11.1 Å². The molecule has 2 aromatic carbocycles. The molecule has 4 rings (SSSR count). The third-order valence-electron chi connectivity index (χ3n) is 6.85. The van der Waals surface area contributed by atoms with Gasteiger partial charge >= 0.3 is 0 Å². The van der Waals surface area contributed by atoms with Gasteiger partial charge in [-0.3, -0.25) is 0 Å². The average Bonchev–Trinajstić information content (AvgIpc) is 2.66. The number of anilines is 1. The van der Waals surface area contributed by atoms with Gasteiger partial charge in [-0.15, -0.1) is 0 Å². The monoisotopic (exact) mass is 362 g/mol. The van der Waals surface area contributed by atoms with Crippen LogP contribution in [0.2, 0.25) is 0 Å². The molecule has 0 unspecified atom stereocenters. The smallest absolute Gasteiger partial charge is 0.0403 e. The minimum atomic E-state index is 0.257. The summed E-state index contributed by atoms with van der Waals surface area (Å²) in [5, 5.41) is 3.46. The molecule has 1 aliphatic heterocycles. The number of piperazine rings is 1. The molecule has 2 nitrogen and oxygen atoms in total. The van der Waals surface area contributed by atoms with Crippen molar-refractivity contribution in [2.75, 3.05) is 31.1 Å². The molecule has 0 aromatic heterocycles. The maximum Gasteiger partial charge on any atom is 0.0403 e. The lowest BCUT2D eigenvalue weighted by atomic mass is 9.63. The van der Waals surface area contributed by atoms with Gasteiger partial charge in [0.2, 0.25) is 0 Å². The van der Waals surface area contributed by atoms with E-state index >= 15 is 0 Å². The van der Waals surface area contributed by atoms with Crippen LogP contribution < -0.4 is 10.2 Å². The van der Waals surface area contributed by atoms with E-state index in [1.54, 1.807) is 5.56 Å². The second kappa shape index (κ2) is 6.67. The van der Waals surface area contributed by atoms with Crippen molar-refractivity contribution in [3.8, 4) is 11.1 Å². The Balaban J connectivity index is 1.76. The molecule has 0 atom stereocenters. The van der Waals surface area contributed by atoms with Crippen LogP contribution in [0.1, 0.15) is 57.2 Å². The molecule has 144 valence electrons. The van der Waals surface area contributed by atoms with Crippen LogP contribution in [-0.4, -0.2) is 26.2 Å². The van der Waals surface area contributed by atoms with Crippen molar-refractivity contribution in [1.29, 1.82) is 0 Å². The second-order valence-electron chi connectivity index (χ2n) is 9.77. The van der Waals surface area contributed by atoms with Gasteiger partial charge in [-0.1, -0.05) is 58.0 Å². The molecular weight excluding hydrogens is 328 g/mol. The van der Waals surface area contributed by atoms with Gasteiger partial charge in [0.1, 0.15) is 0 Å². The van der Waals surface area contributed by atoms with Crippen molar-refractivity contribution < 1.29 is 0 Å². The summed E-state index contributed by atoms with van der Waals surface area (Å²) in [6.07, 6.45) is 2.53. The van der Waals surface area contributed by atoms with Gasteiger partial charge in [0.05, 0.1) is 0 Å². The zero-order chi connectivity index (χ0) is 19.2. The van der Waals surface area contributed by atoms with Crippen LogP contribution in [0, 0.1) is 6.92 Å². The Morgan fingerprint density at radius 2 is 1.37 bits per heavy atom. The first kappa shape index (κ1) is 18.6. The number of rotatable bonds is 2. The molecule has 0 spiro atoms. The summed E-state index contributed by atoms with van der Waals surface area (Å²) < 4.78 is 0. The normalized spacial score (nSPS) is 21.0. The maximum atomic E-state index is 3.46. The number of nitrogens with zero attached hydrogens (tertiary/aromatic N) is 1. The summed E-state index contributed by atoms with van der Waals surface area (Å²) in [6, 6.07) is 14.2. The van der Waals surface area contributed by atoms with E-state index in [2.05, 4.69) is 81.2 Å². The van der Waals surface area contributed by atoms with Crippen LogP contribution >= 0.6 is 0 Å². The van der Waals surface area contributed by atoms with Crippen molar-refractivity contribution in [2.45, 2.75) is 58.3 Å². The topological polar surface area (TPSA) is 15.3 Å². The zero-order valence-electron chi connectivity index (χ0n) is 17.7. The molecule has 1 fully saturated rings. The van der Waals surface area contributed by atoms with E-state index in [1.165, 1.54) is 40.8 Å². The second-order valence-corrected chi connectivity index (χ2v) is 9.77. The lowest BCUT2D eigenvalue weighted by molar-refractivity contribution is 0.332. The molecule has 0 radical (unpaired) electrons. The molecule has 1 saturated heterocycles. The summed E-state index contributed by atoms with van der Waals surface area (Å²) in [5.74, 6) is 0. The van der Waals surface area contributed by atoms with Crippen LogP contribution in [0.3, 0.4) is 0 Å². The first-order chi connectivity index (χ1) is 12.8. The Kier molecular flexibility index (Phi) is 4.58. The molecule has 27 heavy (non-hydrogen) atoms. The number of hydrogen-bond donors (Lipinski definition) is 1. The van der Waals surface area contributed by atoms with E-state index in [-0.39, 0.29) is 10.8 Å². The summed E-state index contributed by atoms with van der Waals surface area (Å²) >= 11 is 0. The van der Waals surface area contributed by atoms with Crippen molar-refractivity contribution >= 4 is 5.69 Å². The van der Waals surface area contributed by atoms with Gasteiger partial charge in [-0.05, 0) is 64.5 Å². The predicted molar refractivity (Wildman–Crippen MR) is 117 cm³/mol. The van der Waals surface area contributed by atoms with Gasteiger partial charge in [-0.2, -0.15) is 0 Å². The standard InChI is InChI=1S/C25H34N2/c1-18-6-7-20(17-23(18)27-14-12-26-13-15-27)19-8-9-21-22(16-19)25(4,5)11-10-24(21,2)3/h6-9,16-17,26H,10-15H2,1-5H3. The molecule has 0 saturated carbocycles. The van der Waals surface area contributed by atoms with Gasteiger partial charge in [0.15, 0.2) is 0 Å². The highest BCUT2D eigenvalue weighted by molar-refractivity contribution is 5.72. The summed E-state index contributed by atoms with van der Waals surface area (Å²) in [6.45, 7) is 16.2. The Bertz CT molecular complexity index is 841. The molecule has 1 aliphatic carbocycles. The fourth-order valence-corrected chi connectivity index (χ4v) is 4.80. The lowest BCUT2D eigenvalue weighted by Gasteiger charge is -2.42. The zero-order valence-corrected chi connectivity index (χ0v) is 17.7. The van der Waals surface area contributed by atoms with E-state index in [4.69, 9.17) is 0 Å². The first-order valence-corrected chi connectivity index (χ1v) is 10.5. The third kappa shape index (κ3) is 3.40. The summed E-state index contributed by atoms with van der Waals surface area (Å²) in [7, 11) is 0. The van der Waals surface area contributed by atoms with Gasteiger partial charge < -0.3 is 10.2 Å². The quantitative estimate of drug-likeness (QED) is 0.767. The van der Waals surface area contributed by atoms with E-state index in [0.29, 0.717) is 0 Å². The largest absolute Gasteiger partial charge is 0.369 e. The van der Waals surface area contributed by atoms with Gasteiger partial charge in [0, 0.05) is 31.9 Å². The number of benzene rings is 2. The average molecular weight is 363 g/mol. The van der Waals surface area contributed by atoms with E-state index in [0.717, 1.165) is 26.2 Å². The van der Waals surface area contributed by atoms with Crippen LogP contribution in [0.4, 0.5) is 5.69 Å². The number of hydrogen-bond acceptors (Lipinski definition) is 2. The molecule has 2 heteroatoms. The minimum Gasteiger partial charge on any atom is -0.369 e. The molecule has 0 bridgehead atoms. The van der Waals surface area contributed by atoms with Gasteiger partial charge in [-0.25, -0.2) is 0 Å². The van der Waals surface area contributed by atoms with E-state index < -0.39 is 0 Å². The fourth-order valence-electron chi connectivity index (χ4n) is 4.80. The maximum absolute atomic E-state index is 3.46. The Morgan fingerprint density at radius 1 is 0.778 bits per heavy atom. The highest BCUT2D eigenvalue weighted by atomic mass is 15.2. The predicted octanol–water partition coefficient (Wildman–Crippen LogP) is 5.42. The van der Waals surface area contributed by atoms with Crippen molar-refractivity contribution in [2.24, 2.45) is 0 Å². The number of aryl methyl sites for hydroxylation is 1. The molecular formula is C25H34N2. The van der Waals surface area contributed by atoms with Gasteiger partial charge in [0.25, 0.3) is 0 Å². The number of nitrogens with one attached hydrogen (secondary N) is 1. The Morgan fingerprint density at radius 3 is 2.07 bits per heavy atom. The molecule has 0 amide bonds. The molecule has 2 aromatic rings. The SMILES string of the molecule is Cc1ccc(-c2ccc3c(c2)C(C)(C)CCC3(C)C)cc1N1CCNCC1. The highest BCUT2D eigenvalue weighted by Crippen LogP contribution is 2.46. The number of fused-ring (bicyclic) bond motifs is 1. The minimum absolute atomic E-state index is 0.257. The first-order valence-electron chi connectivity index (χ1n) is 10.5. The molecule has 1 N–H and O–H groups in total. The van der Waals surface area contributed by atoms with Crippen molar-refractivity contribution in [1.82, 2.24) is 5.32 Å². The Labute approximate surface area is 165 Å². The van der Waals surface area contributed by atoms with E-state index in [9.17, 15) is 0 Å². The molecule has 2 aliphatic rings. The third-order valence-corrected chi connectivity index (χ3v) is 6.85. The van der Waals surface area contributed by atoms with Crippen LogP contribution in [0.5, 0.6) is 0 Å². The Hall–Kier alpha value is -1.80. The van der Waals surface area contributed by atoms with E-state index in [1.807, 2.05) is 0 Å². The summed E-state index contributed by atoms with van der Waals surface area (Å²) in [4.78, 5) is 2.53. The van der Waals surface area contributed by atoms with Crippen molar-refractivity contribution in [3.05, 3.63) is 53.1 Å². The fraction of sp³-hybridized carbons (Fsp3) is 0.520. The highest BCUT2D eigenvalue weighted by Gasteiger charge is 2.37. The van der Waals surface area contributed by atoms with Crippen LogP contribution in [0.15, 0.2) is 36.4 Å². The molecule has 1 heterocycles. The lowest BCUT2D eigenvalue weighted by Crippen LogP contribution is -2.43. The van der Waals surface area contributed by atoms with Crippen LogP contribution in [-0.2, 0) is 10.8 Å².